The smallest absolute Gasteiger partial charge is 0.218 e. The predicted molar refractivity (Wildman–Crippen MR) is 48.2 cm³/mol. The van der Waals surface area contributed by atoms with Crippen LogP contribution in [0, 0.1) is 0 Å². The Labute approximate surface area is 78.0 Å². The molecular weight excluding hydrogens is 168 g/mol. The van der Waals surface area contributed by atoms with Gasteiger partial charge in [-0.05, 0) is 12.8 Å². The number of carbonyl (C=O) groups excluding carboxylic acids is 1. The molecule has 0 aromatic heterocycles. The van der Waals surface area contributed by atoms with Gasteiger partial charge in [0.05, 0.1) is 13.2 Å². The first-order valence-corrected chi connectivity index (χ1v) is 4.84. The Hall–Kier alpha value is -0.610. The molecule has 2 aliphatic rings. The van der Waals surface area contributed by atoms with Gasteiger partial charge in [-0.15, -0.1) is 0 Å². The number of amides is 1. The molecule has 74 valence electrons. The molecule has 2 N–H and O–H groups in total. The van der Waals surface area contributed by atoms with Gasteiger partial charge in [-0.25, -0.2) is 0 Å². The van der Waals surface area contributed by atoms with Gasteiger partial charge >= 0.3 is 0 Å². The molecule has 0 aromatic rings. The summed E-state index contributed by atoms with van der Waals surface area (Å²) < 4.78 is 5.43. The number of primary amides is 1. The maximum absolute atomic E-state index is 10.6. The van der Waals surface area contributed by atoms with E-state index in [1.54, 1.807) is 0 Å². The van der Waals surface area contributed by atoms with Crippen LogP contribution in [0.1, 0.15) is 19.3 Å². The van der Waals surface area contributed by atoms with Crippen LogP contribution < -0.4 is 5.73 Å². The van der Waals surface area contributed by atoms with Crippen molar-refractivity contribution in [2.24, 2.45) is 5.73 Å². The van der Waals surface area contributed by atoms with E-state index in [4.69, 9.17) is 10.5 Å². The molecule has 1 aliphatic carbocycles. The van der Waals surface area contributed by atoms with Crippen molar-refractivity contribution in [2.75, 3.05) is 26.3 Å². The van der Waals surface area contributed by atoms with Gasteiger partial charge < -0.3 is 10.5 Å². The first kappa shape index (κ1) is 8.97. The summed E-state index contributed by atoms with van der Waals surface area (Å²) in [7, 11) is 0. The summed E-state index contributed by atoms with van der Waals surface area (Å²) in [5.74, 6) is -0.206. The molecule has 0 bridgehead atoms. The standard InChI is InChI=1S/C9H16N2O2/c10-8(12)1-4-11-5-6-13-7-9(11)2-3-9/h1-7H2,(H2,10,12). The van der Waals surface area contributed by atoms with Gasteiger partial charge in [-0.2, -0.15) is 0 Å². The van der Waals surface area contributed by atoms with Crippen LogP contribution in [-0.4, -0.2) is 42.6 Å². The molecular formula is C9H16N2O2. The first-order chi connectivity index (χ1) is 6.23. The highest BCUT2D eigenvalue weighted by molar-refractivity contribution is 5.73. The Morgan fingerprint density at radius 2 is 2.31 bits per heavy atom. The van der Waals surface area contributed by atoms with Crippen LogP contribution in [0.5, 0.6) is 0 Å². The van der Waals surface area contributed by atoms with Gasteiger partial charge in [0.2, 0.25) is 5.91 Å². The van der Waals surface area contributed by atoms with Crippen molar-refractivity contribution in [2.45, 2.75) is 24.8 Å². The largest absolute Gasteiger partial charge is 0.378 e. The molecule has 1 saturated heterocycles. The zero-order chi connectivity index (χ0) is 9.31. The highest BCUT2D eigenvalue weighted by Crippen LogP contribution is 2.43. The van der Waals surface area contributed by atoms with Gasteiger partial charge in [-0.3, -0.25) is 9.69 Å². The van der Waals surface area contributed by atoms with E-state index in [0.717, 1.165) is 26.3 Å². The maximum Gasteiger partial charge on any atom is 0.218 e. The van der Waals surface area contributed by atoms with Crippen molar-refractivity contribution in [3.05, 3.63) is 0 Å². The van der Waals surface area contributed by atoms with E-state index in [9.17, 15) is 4.79 Å². The summed E-state index contributed by atoms with van der Waals surface area (Å²) in [5, 5.41) is 0. The Bertz CT molecular complexity index is 214. The van der Waals surface area contributed by atoms with Crippen LogP contribution in [-0.2, 0) is 9.53 Å². The Morgan fingerprint density at radius 1 is 1.54 bits per heavy atom. The highest BCUT2D eigenvalue weighted by atomic mass is 16.5. The normalized spacial score (nSPS) is 26.2. The lowest BCUT2D eigenvalue weighted by Crippen LogP contribution is -2.48. The van der Waals surface area contributed by atoms with E-state index in [-0.39, 0.29) is 11.4 Å². The molecule has 1 amide bonds. The summed E-state index contributed by atoms with van der Waals surface area (Å²) >= 11 is 0. The molecule has 4 heteroatoms. The van der Waals surface area contributed by atoms with E-state index < -0.39 is 0 Å². The molecule has 1 aliphatic heterocycles. The minimum Gasteiger partial charge on any atom is -0.378 e. The van der Waals surface area contributed by atoms with Crippen molar-refractivity contribution >= 4 is 5.91 Å². The van der Waals surface area contributed by atoms with Crippen molar-refractivity contribution in [3.8, 4) is 0 Å². The summed E-state index contributed by atoms with van der Waals surface area (Å²) in [6.07, 6.45) is 2.90. The van der Waals surface area contributed by atoms with Gasteiger partial charge in [-0.1, -0.05) is 0 Å². The molecule has 1 saturated carbocycles. The summed E-state index contributed by atoms with van der Waals surface area (Å²) in [6.45, 7) is 3.39. The zero-order valence-corrected chi connectivity index (χ0v) is 7.79. The average molecular weight is 184 g/mol. The fourth-order valence-electron chi connectivity index (χ4n) is 1.96. The van der Waals surface area contributed by atoms with E-state index in [0.29, 0.717) is 6.42 Å². The number of rotatable bonds is 3. The Morgan fingerprint density at radius 3 is 2.92 bits per heavy atom. The highest BCUT2D eigenvalue weighted by Gasteiger charge is 2.49. The first-order valence-electron chi connectivity index (χ1n) is 4.84. The molecule has 1 spiro atoms. The molecule has 2 rings (SSSR count). The lowest BCUT2D eigenvalue weighted by Gasteiger charge is -2.35. The van der Waals surface area contributed by atoms with Crippen LogP contribution in [0.4, 0.5) is 0 Å². The monoisotopic (exact) mass is 184 g/mol. The topological polar surface area (TPSA) is 55.6 Å². The van der Waals surface area contributed by atoms with Gasteiger partial charge in [0.1, 0.15) is 0 Å². The van der Waals surface area contributed by atoms with Crippen molar-refractivity contribution in [1.29, 1.82) is 0 Å². The molecule has 0 radical (unpaired) electrons. The second-order valence-corrected chi connectivity index (χ2v) is 3.98. The molecule has 0 atom stereocenters. The lowest BCUT2D eigenvalue weighted by atomic mass is 10.2. The second kappa shape index (κ2) is 3.27. The minimum atomic E-state index is -0.206. The molecule has 4 nitrogen and oxygen atoms in total. The number of nitrogens with zero attached hydrogens (tertiary/aromatic N) is 1. The van der Waals surface area contributed by atoms with Crippen molar-refractivity contribution in [3.63, 3.8) is 0 Å². The number of ether oxygens (including phenoxy) is 1. The third kappa shape index (κ3) is 1.84. The van der Waals surface area contributed by atoms with Crippen molar-refractivity contribution in [1.82, 2.24) is 4.90 Å². The van der Waals surface area contributed by atoms with Crippen LogP contribution in [0.25, 0.3) is 0 Å². The zero-order valence-electron chi connectivity index (χ0n) is 7.79. The van der Waals surface area contributed by atoms with Crippen LogP contribution in [0.15, 0.2) is 0 Å². The minimum absolute atomic E-state index is 0.206. The van der Waals surface area contributed by atoms with Gasteiger partial charge in [0.15, 0.2) is 0 Å². The molecule has 0 unspecified atom stereocenters. The maximum atomic E-state index is 10.6. The van der Waals surface area contributed by atoms with Crippen LogP contribution in [0.3, 0.4) is 0 Å². The average Bonchev–Trinajstić information content (AvgIpc) is 2.84. The lowest BCUT2D eigenvalue weighted by molar-refractivity contribution is -0.119. The van der Waals surface area contributed by atoms with E-state index in [1.807, 2.05) is 0 Å². The molecule has 1 heterocycles. The van der Waals surface area contributed by atoms with Gasteiger partial charge in [0, 0.05) is 25.0 Å². The molecule has 2 fully saturated rings. The Kier molecular flexibility index (Phi) is 2.26. The Balaban J connectivity index is 1.85. The quantitative estimate of drug-likeness (QED) is 0.656. The third-order valence-corrected chi connectivity index (χ3v) is 3.00. The number of nitrogens with two attached hydrogens (primary N) is 1. The number of hydrogen-bond acceptors (Lipinski definition) is 3. The van der Waals surface area contributed by atoms with Gasteiger partial charge in [0.25, 0.3) is 0 Å². The summed E-state index contributed by atoms with van der Waals surface area (Å²) in [4.78, 5) is 13.0. The fraction of sp³-hybridized carbons (Fsp3) is 0.889. The SMILES string of the molecule is NC(=O)CCN1CCOCC12CC2. The number of carbonyl (C=O) groups is 1. The second-order valence-electron chi connectivity index (χ2n) is 3.98. The van der Waals surface area contributed by atoms with E-state index in [1.165, 1.54) is 12.8 Å². The molecule has 0 aromatic carbocycles. The number of hydrogen-bond donors (Lipinski definition) is 1. The molecule has 13 heavy (non-hydrogen) atoms. The summed E-state index contributed by atoms with van der Waals surface area (Å²) in [6, 6.07) is 0. The predicted octanol–water partition coefficient (Wildman–Crippen LogP) is -0.273. The van der Waals surface area contributed by atoms with Crippen molar-refractivity contribution < 1.29 is 9.53 Å². The fourth-order valence-corrected chi connectivity index (χ4v) is 1.96. The van der Waals surface area contributed by atoms with E-state index in [2.05, 4.69) is 4.90 Å². The van der Waals surface area contributed by atoms with Crippen LogP contribution >= 0.6 is 0 Å². The van der Waals surface area contributed by atoms with Crippen LogP contribution in [0.2, 0.25) is 0 Å². The number of morpholine rings is 1. The van der Waals surface area contributed by atoms with E-state index >= 15 is 0 Å². The summed E-state index contributed by atoms with van der Waals surface area (Å²) in [5.41, 5.74) is 5.41. The third-order valence-electron chi connectivity index (χ3n) is 3.00.